The van der Waals surface area contributed by atoms with Crippen molar-refractivity contribution >= 4 is 17.3 Å². The van der Waals surface area contributed by atoms with E-state index in [-0.39, 0.29) is 23.8 Å². The molecule has 0 aliphatic rings. The lowest BCUT2D eigenvalue weighted by molar-refractivity contribution is -0.134. The maximum Gasteiger partial charge on any atom is 0.140 e. The molecule has 0 unspecified atom stereocenters. The van der Waals surface area contributed by atoms with Gasteiger partial charge in [-0.25, -0.2) is 0 Å². The number of hydrogen-bond donors (Lipinski definition) is 0. The molecule has 0 N–H and O–H groups in total. The summed E-state index contributed by atoms with van der Waals surface area (Å²) in [5.41, 5.74) is 0. The predicted molar refractivity (Wildman–Crippen MR) is 54.0 cm³/mol. The summed E-state index contributed by atoms with van der Waals surface area (Å²) in [6.07, 6.45) is 2.36. The first kappa shape index (κ1) is 13.0. The van der Waals surface area contributed by atoms with Gasteiger partial charge in [0.1, 0.15) is 17.3 Å². The number of rotatable bonds is 7. The zero-order chi connectivity index (χ0) is 11.1. The van der Waals surface area contributed by atoms with Crippen molar-refractivity contribution in [2.75, 3.05) is 0 Å². The molecule has 0 aromatic heterocycles. The lowest BCUT2D eigenvalue weighted by atomic mass is 9.93. The van der Waals surface area contributed by atoms with Crippen LogP contribution < -0.4 is 0 Å². The lowest BCUT2D eigenvalue weighted by Crippen LogP contribution is -2.22. The maximum absolute atomic E-state index is 11.3. The molecule has 14 heavy (non-hydrogen) atoms. The summed E-state index contributed by atoms with van der Waals surface area (Å²) in [5.74, 6) is -1.11. The highest BCUT2D eigenvalue weighted by Gasteiger charge is 2.22. The normalized spacial score (nSPS) is 10.3. The van der Waals surface area contributed by atoms with E-state index < -0.39 is 5.92 Å². The Morgan fingerprint density at radius 2 is 1.57 bits per heavy atom. The highest BCUT2D eigenvalue weighted by molar-refractivity contribution is 6.03. The molecule has 0 amide bonds. The SMILES string of the molecule is CCCCC(=O)CC(C(C)=O)C(C)=O. The second kappa shape index (κ2) is 6.46. The van der Waals surface area contributed by atoms with Crippen molar-refractivity contribution in [3.63, 3.8) is 0 Å². The highest BCUT2D eigenvalue weighted by Crippen LogP contribution is 2.10. The van der Waals surface area contributed by atoms with Crippen LogP contribution in [-0.2, 0) is 14.4 Å². The van der Waals surface area contributed by atoms with Crippen LogP contribution in [0.4, 0.5) is 0 Å². The van der Waals surface area contributed by atoms with Crippen LogP contribution in [0.25, 0.3) is 0 Å². The average Bonchev–Trinajstić information content (AvgIpc) is 2.09. The van der Waals surface area contributed by atoms with Crippen molar-refractivity contribution in [3.8, 4) is 0 Å². The number of unbranched alkanes of at least 4 members (excludes halogenated alkanes) is 1. The summed E-state index contributed by atoms with van der Waals surface area (Å²) in [7, 11) is 0. The summed E-state index contributed by atoms with van der Waals surface area (Å²) in [6, 6.07) is 0. The van der Waals surface area contributed by atoms with Gasteiger partial charge in [-0.05, 0) is 20.3 Å². The minimum Gasteiger partial charge on any atom is -0.300 e. The monoisotopic (exact) mass is 198 g/mol. The number of carbonyl (C=O) groups is 3. The van der Waals surface area contributed by atoms with Crippen molar-refractivity contribution in [1.29, 1.82) is 0 Å². The topological polar surface area (TPSA) is 51.2 Å². The number of Topliss-reactive ketones (excluding diaryl/α,β-unsaturated/α-hetero) is 3. The second-order valence-electron chi connectivity index (χ2n) is 3.62. The maximum atomic E-state index is 11.3. The quantitative estimate of drug-likeness (QED) is 0.587. The largest absolute Gasteiger partial charge is 0.300 e. The second-order valence-corrected chi connectivity index (χ2v) is 3.62. The van der Waals surface area contributed by atoms with Gasteiger partial charge in [0, 0.05) is 12.8 Å². The van der Waals surface area contributed by atoms with Gasteiger partial charge in [0.15, 0.2) is 0 Å². The summed E-state index contributed by atoms with van der Waals surface area (Å²) >= 11 is 0. The Morgan fingerprint density at radius 3 is 1.93 bits per heavy atom. The minimum atomic E-state index is -0.709. The molecule has 0 aromatic rings. The van der Waals surface area contributed by atoms with Crippen LogP contribution >= 0.6 is 0 Å². The molecule has 0 aliphatic carbocycles. The Labute approximate surface area is 84.9 Å². The van der Waals surface area contributed by atoms with Crippen molar-refractivity contribution in [1.82, 2.24) is 0 Å². The van der Waals surface area contributed by atoms with E-state index in [1.54, 1.807) is 0 Å². The molecule has 3 nitrogen and oxygen atoms in total. The van der Waals surface area contributed by atoms with E-state index in [1.165, 1.54) is 13.8 Å². The molecular formula is C11H18O3. The van der Waals surface area contributed by atoms with Gasteiger partial charge < -0.3 is 0 Å². The molecule has 0 spiro atoms. The molecule has 0 saturated carbocycles. The highest BCUT2D eigenvalue weighted by atomic mass is 16.2. The Morgan fingerprint density at radius 1 is 1.07 bits per heavy atom. The van der Waals surface area contributed by atoms with Crippen LogP contribution in [0, 0.1) is 5.92 Å². The standard InChI is InChI=1S/C11H18O3/c1-4-5-6-10(14)7-11(8(2)12)9(3)13/h11H,4-7H2,1-3H3. The van der Waals surface area contributed by atoms with Gasteiger partial charge in [0.05, 0.1) is 5.92 Å². The van der Waals surface area contributed by atoms with E-state index in [0.717, 1.165) is 12.8 Å². The Kier molecular flexibility index (Phi) is 6.00. The third-order valence-corrected chi connectivity index (χ3v) is 2.22. The smallest absolute Gasteiger partial charge is 0.140 e. The molecule has 0 heterocycles. The van der Waals surface area contributed by atoms with E-state index in [1.807, 2.05) is 6.92 Å². The summed E-state index contributed by atoms with van der Waals surface area (Å²) in [6.45, 7) is 4.72. The van der Waals surface area contributed by atoms with E-state index in [2.05, 4.69) is 0 Å². The van der Waals surface area contributed by atoms with Gasteiger partial charge in [-0.1, -0.05) is 13.3 Å². The molecular weight excluding hydrogens is 180 g/mol. The Hall–Kier alpha value is -0.990. The number of hydrogen-bond acceptors (Lipinski definition) is 3. The van der Waals surface area contributed by atoms with E-state index in [0.29, 0.717) is 6.42 Å². The zero-order valence-corrected chi connectivity index (χ0v) is 9.13. The van der Waals surface area contributed by atoms with Gasteiger partial charge in [-0.3, -0.25) is 14.4 Å². The summed E-state index contributed by atoms with van der Waals surface area (Å²) in [4.78, 5) is 33.4. The fourth-order valence-corrected chi connectivity index (χ4v) is 1.28. The molecule has 0 rings (SSSR count). The van der Waals surface area contributed by atoms with Gasteiger partial charge in [-0.2, -0.15) is 0 Å². The molecule has 0 aromatic carbocycles. The molecule has 0 atom stereocenters. The molecule has 0 aliphatic heterocycles. The van der Waals surface area contributed by atoms with Gasteiger partial charge in [-0.15, -0.1) is 0 Å². The number of ketones is 3. The first-order valence-corrected chi connectivity index (χ1v) is 5.01. The molecule has 0 radical (unpaired) electrons. The van der Waals surface area contributed by atoms with Crippen molar-refractivity contribution in [2.24, 2.45) is 5.92 Å². The first-order valence-electron chi connectivity index (χ1n) is 5.01. The van der Waals surface area contributed by atoms with E-state index >= 15 is 0 Å². The third-order valence-electron chi connectivity index (χ3n) is 2.22. The predicted octanol–water partition coefficient (Wildman–Crippen LogP) is 1.93. The first-order chi connectivity index (χ1) is 6.49. The summed E-state index contributed by atoms with van der Waals surface area (Å²) in [5, 5.41) is 0. The van der Waals surface area contributed by atoms with Gasteiger partial charge >= 0.3 is 0 Å². The average molecular weight is 198 g/mol. The zero-order valence-electron chi connectivity index (χ0n) is 9.13. The third kappa shape index (κ3) is 4.90. The van der Waals surface area contributed by atoms with Crippen molar-refractivity contribution in [2.45, 2.75) is 46.5 Å². The van der Waals surface area contributed by atoms with Crippen LogP contribution in [-0.4, -0.2) is 17.3 Å². The van der Waals surface area contributed by atoms with Crippen molar-refractivity contribution in [3.05, 3.63) is 0 Å². The van der Waals surface area contributed by atoms with Crippen molar-refractivity contribution < 1.29 is 14.4 Å². The van der Waals surface area contributed by atoms with Crippen LogP contribution in [0.2, 0.25) is 0 Å². The summed E-state index contributed by atoms with van der Waals surface area (Å²) < 4.78 is 0. The van der Waals surface area contributed by atoms with Crippen LogP contribution in [0.5, 0.6) is 0 Å². The molecule has 3 heteroatoms. The minimum absolute atomic E-state index is 0.0160. The molecule has 80 valence electrons. The van der Waals surface area contributed by atoms with Gasteiger partial charge in [0.25, 0.3) is 0 Å². The molecule has 0 fully saturated rings. The fourth-order valence-electron chi connectivity index (χ4n) is 1.28. The Bertz CT molecular complexity index is 217. The molecule has 0 bridgehead atoms. The Balaban J connectivity index is 4.10. The molecule has 0 saturated heterocycles. The van der Waals surface area contributed by atoms with Crippen LogP contribution in [0.1, 0.15) is 46.5 Å². The van der Waals surface area contributed by atoms with Crippen LogP contribution in [0.3, 0.4) is 0 Å². The van der Waals surface area contributed by atoms with E-state index in [9.17, 15) is 14.4 Å². The van der Waals surface area contributed by atoms with Crippen LogP contribution in [0.15, 0.2) is 0 Å². The van der Waals surface area contributed by atoms with E-state index in [4.69, 9.17) is 0 Å². The fraction of sp³-hybridized carbons (Fsp3) is 0.727. The number of carbonyl (C=O) groups excluding carboxylic acids is 3. The van der Waals surface area contributed by atoms with Gasteiger partial charge in [0.2, 0.25) is 0 Å². The lowest BCUT2D eigenvalue weighted by Gasteiger charge is -2.08.